The molecule has 9 atom stereocenters. The Morgan fingerprint density at radius 2 is 1.29 bits per heavy atom. The quantitative estimate of drug-likeness (QED) is 0.129. The van der Waals surface area contributed by atoms with Gasteiger partial charge >= 0.3 is 0 Å². The number of amides is 6. The first-order chi connectivity index (χ1) is 40.3. The van der Waals surface area contributed by atoms with Gasteiger partial charge in [-0.2, -0.15) is 0 Å². The molecule has 4 bridgehead atoms. The SMILES string of the molecule is CN(C)[C@H]1Cc2cccc(c2)OCCCC[C@@H](C(=O)NC2CCC(c3cc4cc(c3)OCCCC[C@@H](C(=O)NC3CCCC3)NC(=O)[C@H](COc3ccccc3)NC(=O)[C@@H](N3CCCC3O)C4)C2)NC(=O)[C@H](CCN2CCOCC2)NC1=O. The summed E-state index contributed by atoms with van der Waals surface area (Å²) in [4.78, 5) is 92.3. The van der Waals surface area contributed by atoms with E-state index in [1.807, 2.05) is 73.6 Å². The second-order valence-corrected chi connectivity index (χ2v) is 23.8. The van der Waals surface area contributed by atoms with Crippen molar-refractivity contribution in [2.45, 2.75) is 176 Å². The Kier molecular flexibility index (Phi) is 22.5. The zero-order valence-corrected chi connectivity index (χ0v) is 48.7. The summed E-state index contributed by atoms with van der Waals surface area (Å²) in [5.41, 5.74) is 2.76. The van der Waals surface area contributed by atoms with E-state index >= 15 is 0 Å². The number of nitrogens with one attached hydrogen (secondary N) is 6. The lowest BCUT2D eigenvalue weighted by Crippen LogP contribution is -2.59. The van der Waals surface area contributed by atoms with Crippen molar-refractivity contribution in [3.05, 3.63) is 89.5 Å². The number of rotatable bonds is 13. The molecule has 83 heavy (non-hydrogen) atoms. The molecule has 0 spiro atoms. The monoisotopic (exact) mass is 1150 g/mol. The van der Waals surface area contributed by atoms with Crippen LogP contribution in [0.4, 0.5) is 0 Å². The lowest BCUT2D eigenvalue weighted by molar-refractivity contribution is -0.136. The first kappa shape index (κ1) is 61.2. The summed E-state index contributed by atoms with van der Waals surface area (Å²) in [5.74, 6) is -0.349. The van der Waals surface area contributed by atoms with Crippen LogP contribution in [0, 0.1) is 0 Å². The molecule has 4 fully saturated rings. The van der Waals surface area contributed by atoms with Crippen LogP contribution in [-0.4, -0.2) is 183 Å². The van der Waals surface area contributed by atoms with E-state index < -0.39 is 60.2 Å². The van der Waals surface area contributed by atoms with Crippen molar-refractivity contribution < 1.29 is 52.8 Å². The minimum absolute atomic E-state index is 0.00637. The summed E-state index contributed by atoms with van der Waals surface area (Å²) < 4.78 is 24.4. The average molecular weight is 1150 g/mol. The smallest absolute Gasteiger partial charge is 0.246 e. The molecular formula is C63H89N9O11. The number of aliphatic hydroxyl groups is 1. The normalized spacial score (nSPS) is 28.0. The van der Waals surface area contributed by atoms with Crippen LogP contribution in [0.2, 0.25) is 0 Å². The van der Waals surface area contributed by atoms with Crippen molar-refractivity contribution in [1.82, 2.24) is 46.6 Å². The van der Waals surface area contributed by atoms with Gasteiger partial charge in [0.25, 0.3) is 0 Å². The van der Waals surface area contributed by atoms with Crippen molar-refractivity contribution in [2.24, 2.45) is 0 Å². The highest BCUT2D eigenvalue weighted by Gasteiger charge is 2.39. The van der Waals surface area contributed by atoms with Gasteiger partial charge in [-0.05, 0) is 176 Å². The lowest BCUT2D eigenvalue weighted by Gasteiger charge is -2.32. The van der Waals surface area contributed by atoms with Gasteiger partial charge in [-0.15, -0.1) is 0 Å². The number of carbonyl (C=O) groups excluding carboxylic acids is 6. The van der Waals surface area contributed by atoms with Crippen LogP contribution in [0.3, 0.4) is 0 Å². The number of carbonyl (C=O) groups is 6. The largest absolute Gasteiger partial charge is 0.494 e. The zero-order valence-electron chi connectivity index (χ0n) is 48.7. The van der Waals surface area contributed by atoms with Gasteiger partial charge in [0.05, 0.1) is 38.5 Å². The Bertz CT molecular complexity index is 2630. The Labute approximate surface area is 489 Å². The fourth-order valence-corrected chi connectivity index (χ4v) is 12.6. The molecule has 2 saturated heterocycles. The highest BCUT2D eigenvalue weighted by molar-refractivity contribution is 5.94. The number of fused-ring (bicyclic) bond motifs is 4. The number of likely N-dealkylation sites (N-methyl/N-ethyl adjacent to an activating group) is 1. The Morgan fingerprint density at radius 1 is 0.627 bits per heavy atom. The number of ether oxygens (including phenoxy) is 4. The Morgan fingerprint density at radius 3 is 1.99 bits per heavy atom. The van der Waals surface area contributed by atoms with Gasteiger partial charge in [-0.3, -0.25) is 43.5 Å². The summed E-state index contributed by atoms with van der Waals surface area (Å²) in [7, 11) is 3.70. The van der Waals surface area contributed by atoms with Crippen molar-refractivity contribution in [2.75, 3.05) is 73.3 Å². The van der Waals surface area contributed by atoms with Crippen LogP contribution in [0.5, 0.6) is 17.2 Å². The van der Waals surface area contributed by atoms with Gasteiger partial charge in [0.2, 0.25) is 35.4 Å². The number of hydrogen-bond donors (Lipinski definition) is 7. The number of aliphatic hydroxyl groups excluding tert-OH is 1. The van der Waals surface area contributed by atoms with Crippen molar-refractivity contribution in [1.29, 1.82) is 0 Å². The number of morpholine rings is 1. The molecule has 3 aromatic carbocycles. The van der Waals surface area contributed by atoms with Crippen LogP contribution in [-0.2, 0) is 46.3 Å². The molecule has 6 amide bonds. The van der Waals surface area contributed by atoms with E-state index in [2.05, 4.69) is 42.9 Å². The molecule has 9 rings (SSSR count). The molecule has 4 heterocycles. The Hall–Kier alpha value is -6.32. The van der Waals surface area contributed by atoms with Gasteiger partial charge in [-0.1, -0.05) is 49.2 Å². The number of hydrogen-bond acceptors (Lipinski definition) is 14. The van der Waals surface area contributed by atoms with Crippen LogP contribution >= 0.6 is 0 Å². The Balaban J connectivity index is 0.927. The topological polar surface area (TPSA) is 241 Å². The van der Waals surface area contributed by atoms with Gasteiger partial charge in [0.15, 0.2) is 0 Å². The molecule has 6 aliphatic rings. The summed E-state index contributed by atoms with van der Waals surface area (Å²) in [6.45, 7) is 4.27. The first-order valence-corrected chi connectivity index (χ1v) is 30.7. The third-order valence-corrected chi connectivity index (χ3v) is 17.4. The van der Waals surface area contributed by atoms with E-state index in [-0.39, 0.29) is 48.8 Å². The summed E-state index contributed by atoms with van der Waals surface area (Å²) in [5, 5.41) is 30.0. The van der Waals surface area contributed by atoms with Gasteiger partial charge in [0, 0.05) is 38.3 Å². The van der Waals surface area contributed by atoms with E-state index in [4.69, 9.17) is 18.9 Å². The minimum Gasteiger partial charge on any atom is -0.494 e. The second kappa shape index (κ2) is 30.5. The number of likely N-dealkylation sites (tertiary alicyclic amines) is 1. The third kappa shape index (κ3) is 17.9. The lowest BCUT2D eigenvalue weighted by atomic mass is 9.93. The van der Waals surface area contributed by atoms with Gasteiger partial charge in [-0.25, -0.2) is 0 Å². The third-order valence-electron chi connectivity index (χ3n) is 17.4. The highest BCUT2D eigenvalue weighted by Crippen LogP contribution is 2.37. The van der Waals surface area contributed by atoms with E-state index in [9.17, 15) is 33.9 Å². The van der Waals surface area contributed by atoms with E-state index in [1.54, 1.807) is 17.0 Å². The van der Waals surface area contributed by atoms with Crippen molar-refractivity contribution in [3.63, 3.8) is 0 Å². The molecule has 7 N–H and O–H groups in total. The summed E-state index contributed by atoms with van der Waals surface area (Å²) in [6.07, 6.45) is 10.3. The molecule has 20 nitrogen and oxygen atoms in total. The number of para-hydroxylation sites is 1. The number of nitrogens with zero attached hydrogens (tertiary/aromatic N) is 3. The maximum Gasteiger partial charge on any atom is 0.246 e. The molecule has 20 heteroatoms. The molecule has 0 radical (unpaired) electrons. The van der Waals surface area contributed by atoms with Crippen LogP contribution in [0.25, 0.3) is 0 Å². The molecule has 3 aromatic rings. The molecule has 4 aliphatic heterocycles. The predicted octanol–water partition coefficient (Wildman–Crippen LogP) is 3.86. The molecule has 3 unspecified atom stereocenters. The molecule has 2 aliphatic carbocycles. The molecular weight excluding hydrogens is 1060 g/mol. The fourth-order valence-electron chi connectivity index (χ4n) is 12.6. The number of benzene rings is 3. The zero-order chi connectivity index (χ0) is 58.1. The van der Waals surface area contributed by atoms with Crippen molar-refractivity contribution in [3.8, 4) is 17.2 Å². The summed E-state index contributed by atoms with van der Waals surface area (Å²) >= 11 is 0. The van der Waals surface area contributed by atoms with Gasteiger partial charge in [0.1, 0.15) is 54.3 Å². The van der Waals surface area contributed by atoms with Crippen LogP contribution in [0.1, 0.15) is 125 Å². The molecule has 2 saturated carbocycles. The summed E-state index contributed by atoms with van der Waals surface area (Å²) in [6, 6.07) is 17.5. The molecule has 452 valence electrons. The second-order valence-electron chi connectivity index (χ2n) is 23.8. The van der Waals surface area contributed by atoms with Crippen LogP contribution < -0.4 is 46.1 Å². The van der Waals surface area contributed by atoms with E-state index in [1.165, 1.54) is 0 Å². The fraction of sp³-hybridized carbons (Fsp3) is 0.619. The van der Waals surface area contributed by atoms with E-state index in [0.29, 0.717) is 134 Å². The van der Waals surface area contributed by atoms with Crippen LogP contribution in [0.15, 0.2) is 72.8 Å². The molecule has 0 aromatic heterocycles. The van der Waals surface area contributed by atoms with Crippen molar-refractivity contribution >= 4 is 35.4 Å². The average Bonchev–Trinajstić information content (AvgIpc) is 4.49. The standard InChI is InChI=1S/C63H89N9O11/c1-70(2)55-37-42-14-12-19-49(35-42)81-30-10-8-21-52(66-60(76)53(68-62(55)78)25-27-71-28-32-80-33-29-71)59(75)65-47-24-23-44(39-47)45-34-43-36-50(40-45)82-31-11-9-20-51(58(74)64-46-15-6-7-16-46)67-61(77)54(41-83-48-17-4-3-5-18-48)69-63(79)56(38-43)72-26-13-22-57(72)73/h3-5,12,14,17-19,34-36,40,44,46-47,51-57,73H,6-11,13,15-16,20-33,37-39,41H2,1-2H3,(H,64,74)(H,65,75)(H,66,76)(H,67,77)(H,68,78)(H,69,79)/t44?,47?,51-,52-,53-,54-,55-,56-,57?/m0/s1. The maximum atomic E-state index is 14.8. The maximum absolute atomic E-state index is 14.8. The highest BCUT2D eigenvalue weighted by atomic mass is 16.5. The minimum atomic E-state index is -1.17. The van der Waals surface area contributed by atoms with Gasteiger partial charge < -0.3 is 56.0 Å². The predicted molar refractivity (Wildman–Crippen MR) is 313 cm³/mol. The first-order valence-electron chi connectivity index (χ1n) is 30.7. The van der Waals surface area contributed by atoms with E-state index in [0.717, 1.165) is 61.9 Å².